The molecule has 0 amide bonds. The van der Waals surface area contributed by atoms with E-state index in [0.29, 0.717) is 13.2 Å². The number of methoxy groups -OCH3 is 1. The highest BCUT2D eigenvalue weighted by molar-refractivity contribution is 5.64. The molecule has 2 aliphatic rings. The van der Waals surface area contributed by atoms with Crippen LogP contribution in [-0.4, -0.2) is 59.8 Å². The summed E-state index contributed by atoms with van der Waals surface area (Å²) in [7, 11) is 1.67. The normalized spacial score (nSPS) is 18.4. The number of rotatable bonds is 5. The molecule has 0 bridgehead atoms. The third-order valence-corrected chi connectivity index (χ3v) is 5.64. The van der Waals surface area contributed by atoms with Gasteiger partial charge < -0.3 is 19.9 Å². The van der Waals surface area contributed by atoms with Gasteiger partial charge in [0.1, 0.15) is 24.2 Å². The summed E-state index contributed by atoms with van der Waals surface area (Å²) < 4.78 is 17.3. The van der Waals surface area contributed by atoms with E-state index in [4.69, 9.17) is 24.9 Å². The molecule has 8 heteroatoms. The molecule has 1 atom stereocenters. The summed E-state index contributed by atoms with van der Waals surface area (Å²) in [6.07, 6.45) is 5.47. The SMILES string of the molecule is COc1ccc2c(c1)C=C(CN1CCOC(c3cccc(-c4cnc(N)nc4)n3)C1)CO2. The molecule has 1 unspecified atom stereocenters. The number of hydrogen-bond acceptors (Lipinski definition) is 8. The fourth-order valence-electron chi connectivity index (χ4n) is 4.00. The van der Waals surface area contributed by atoms with Crippen LogP contribution in [0.15, 0.2) is 54.4 Å². The van der Waals surface area contributed by atoms with Gasteiger partial charge in [0.05, 0.1) is 25.1 Å². The van der Waals surface area contributed by atoms with E-state index in [9.17, 15) is 0 Å². The van der Waals surface area contributed by atoms with Crippen LogP contribution in [0, 0.1) is 0 Å². The minimum Gasteiger partial charge on any atom is -0.497 e. The molecular weight excluding hydrogens is 406 g/mol. The Morgan fingerprint density at radius 3 is 2.91 bits per heavy atom. The van der Waals surface area contributed by atoms with Crippen molar-refractivity contribution in [1.82, 2.24) is 19.9 Å². The van der Waals surface area contributed by atoms with Crippen molar-refractivity contribution in [3.8, 4) is 22.8 Å². The molecule has 0 spiro atoms. The smallest absolute Gasteiger partial charge is 0.219 e. The minimum atomic E-state index is -0.101. The standard InChI is InChI=1S/C24H25N5O3/c1-30-19-5-6-22-17(10-19)9-16(15-32-22)13-29-7-8-31-23(14-29)21-4-2-3-20(28-21)18-11-26-24(25)27-12-18/h2-6,9-12,23H,7-8,13-15H2,1H3,(H2,25,26,27). The lowest BCUT2D eigenvalue weighted by Crippen LogP contribution is -2.40. The number of morpholine rings is 1. The zero-order chi connectivity index (χ0) is 21.9. The van der Waals surface area contributed by atoms with E-state index < -0.39 is 0 Å². The average Bonchev–Trinajstić information content (AvgIpc) is 2.84. The quantitative estimate of drug-likeness (QED) is 0.659. The number of nitrogen functional groups attached to an aromatic ring is 1. The van der Waals surface area contributed by atoms with Gasteiger partial charge in [-0.15, -0.1) is 0 Å². The molecule has 32 heavy (non-hydrogen) atoms. The van der Waals surface area contributed by atoms with E-state index >= 15 is 0 Å². The van der Waals surface area contributed by atoms with Gasteiger partial charge in [-0.1, -0.05) is 6.07 Å². The number of nitrogens with zero attached hydrogens (tertiary/aromatic N) is 4. The van der Waals surface area contributed by atoms with Gasteiger partial charge in [-0.2, -0.15) is 0 Å². The molecular formula is C24H25N5O3. The van der Waals surface area contributed by atoms with Crippen LogP contribution >= 0.6 is 0 Å². The molecule has 4 heterocycles. The molecule has 8 nitrogen and oxygen atoms in total. The van der Waals surface area contributed by atoms with Crippen LogP contribution in [-0.2, 0) is 4.74 Å². The molecule has 2 aromatic heterocycles. The van der Waals surface area contributed by atoms with Gasteiger partial charge in [0.15, 0.2) is 0 Å². The zero-order valence-electron chi connectivity index (χ0n) is 17.9. The largest absolute Gasteiger partial charge is 0.497 e. The predicted octanol–water partition coefficient (Wildman–Crippen LogP) is 2.98. The number of hydrogen-bond donors (Lipinski definition) is 1. The Labute approximate surface area is 186 Å². The number of nitrogens with two attached hydrogens (primary N) is 1. The lowest BCUT2D eigenvalue weighted by molar-refractivity contribution is -0.0293. The number of aromatic nitrogens is 3. The lowest BCUT2D eigenvalue weighted by atomic mass is 10.1. The first-order chi connectivity index (χ1) is 15.7. The topological polar surface area (TPSA) is 95.6 Å². The Hall–Kier alpha value is -3.49. The zero-order valence-corrected chi connectivity index (χ0v) is 17.9. The van der Waals surface area contributed by atoms with E-state index in [0.717, 1.165) is 53.6 Å². The van der Waals surface area contributed by atoms with Gasteiger partial charge in [0.2, 0.25) is 5.95 Å². The predicted molar refractivity (Wildman–Crippen MR) is 121 cm³/mol. The third-order valence-electron chi connectivity index (χ3n) is 5.64. The fraction of sp³-hybridized carbons (Fsp3) is 0.292. The molecule has 0 aliphatic carbocycles. The maximum Gasteiger partial charge on any atom is 0.219 e. The van der Waals surface area contributed by atoms with Crippen molar-refractivity contribution in [1.29, 1.82) is 0 Å². The Kier molecular flexibility index (Phi) is 5.70. The van der Waals surface area contributed by atoms with Crippen LogP contribution in [0.3, 0.4) is 0 Å². The molecule has 0 saturated carbocycles. The molecule has 1 saturated heterocycles. The minimum absolute atomic E-state index is 0.101. The van der Waals surface area contributed by atoms with Gasteiger partial charge in [-0.3, -0.25) is 4.90 Å². The monoisotopic (exact) mass is 431 g/mol. The van der Waals surface area contributed by atoms with Crippen molar-refractivity contribution in [2.24, 2.45) is 0 Å². The Bertz CT molecular complexity index is 1130. The van der Waals surface area contributed by atoms with Gasteiger partial charge in [-0.05, 0) is 42.0 Å². The van der Waals surface area contributed by atoms with Crippen LogP contribution in [0.5, 0.6) is 11.5 Å². The third kappa shape index (κ3) is 4.42. The van der Waals surface area contributed by atoms with Gasteiger partial charge in [0, 0.05) is 43.2 Å². The Morgan fingerprint density at radius 2 is 2.06 bits per heavy atom. The van der Waals surface area contributed by atoms with Gasteiger partial charge in [-0.25, -0.2) is 15.0 Å². The van der Waals surface area contributed by atoms with Crippen molar-refractivity contribution in [2.75, 3.05) is 45.7 Å². The van der Waals surface area contributed by atoms with E-state index in [-0.39, 0.29) is 12.1 Å². The van der Waals surface area contributed by atoms with E-state index in [1.165, 1.54) is 5.57 Å². The number of ether oxygens (including phenoxy) is 3. The second kappa shape index (κ2) is 8.94. The summed E-state index contributed by atoms with van der Waals surface area (Å²) in [6.45, 7) is 3.69. The molecule has 3 aromatic rings. The summed E-state index contributed by atoms with van der Waals surface area (Å²) in [5.41, 5.74) is 10.4. The Morgan fingerprint density at radius 1 is 1.19 bits per heavy atom. The second-order valence-electron chi connectivity index (χ2n) is 7.87. The summed E-state index contributed by atoms with van der Waals surface area (Å²) in [4.78, 5) is 15.3. The molecule has 1 aromatic carbocycles. The van der Waals surface area contributed by atoms with Crippen LogP contribution in [0.1, 0.15) is 17.4 Å². The maximum atomic E-state index is 6.06. The molecule has 5 rings (SSSR count). The number of benzene rings is 1. The Balaban J connectivity index is 1.29. The first-order valence-corrected chi connectivity index (χ1v) is 10.6. The summed E-state index contributed by atoms with van der Waals surface area (Å²) in [5, 5.41) is 0. The molecule has 2 aliphatic heterocycles. The maximum absolute atomic E-state index is 6.06. The van der Waals surface area contributed by atoms with Crippen molar-refractivity contribution < 1.29 is 14.2 Å². The van der Waals surface area contributed by atoms with Crippen molar-refractivity contribution >= 4 is 12.0 Å². The van der Waals surface area contributed by atoms with E-state index in [1.807, 2.05) is 36.4 Å². The highest BCUT2D eigenvalue weighted by atomic mass is 16.5. The van der Waals surface area contributed by atoms with Crippen molar-refractivity contribution in [2.45, 2.75) is 6.10 Å². The number of anilines is 1. The summed E-state index contributed by atoms with van der Waals surface area (Å²) >= 11 is 0. The van der Waals surface area contributed by atoms with Crippen molar-refractivity contribution in [3.05, 3.63) is 65.6 Å². The molecule has 2 N–H and O–H groups in total. The van der Waals surface area contributed by atoms with Gasteiger partial charge in [0.25, 0.3) is 0 Å². The van der Waals surface area contributed by atoms with Gasteiger partial charge >= 0.3 is 0 Å². The van der Waals surface area contributed by atoms with Crippen LogP contribution in [0.2, 0.25) is 0 Å². The van der Waals surface area contributed by atoms with Crippen LogP contribution in [0.25, 0.3) is 17.3 Å². The average molecular weight is 431 g/mol. The van der Waals surface area contributed by atoms with Crippen LogP contribution in [0.4, 0.5) is 5.95 Å². The fourth-order valence-corrected chi connectivity index (χ4v) is 4.00. The lowest BCUT2D eigenvalue weighted by Gasteiger charge is -2.34. The summed E-state index contributed by atoms with van der Waals surface area (Å²) in [6, 6.07) is 11.8. The molecule has 1 fully saturated rings. The highest BCUT2D eigenvalue weighted by Gasteiger charge is 2.25. The summed E-state index contributed by atoms with van der Waals surface area (Å²) in [5.74, 6) is 1.97. The van der Waals surface area contributed by atoms with E-state index in [2.05, 4.69) is 20.9 Å². The molecule has 164 valence electrons. The molecule has 0 radical (unpaired) electrons. The first-order valence-electron chi connectivity index (χ1n) is 10.6. The van der Waals surface area contributed by atoms with Crippen molar-refractivity contribution in [3.63, 3.8) is 0 Å². The number of pyridine rings is 1. The number of fused-ring (bicyclic) bond motifs is 1. The first kappa shape index (κ1) is 20.4. The van der Waals surface area contributed by atoms with E-state index in [1.54, 1.807) is 19.5 Å². The highest BCUT2D eigenvalue weighted by Crippen LogP contribution is 2.31. The second-order valence-corrected chi connectivity index (χ2v) is 7.87. The van der Waals surface area contributed by atoms with Crippen LogP contribution < -0.4 is 15.2 Å².